The molecule has 3 N–H and O–H groups in total. The molecule has 0 radical (unpaired) electrons. The average Bonchev–Trinajstić information content (AvgIpc) is 2.55. The number of aliphatic hydroxyl groups excluding tert-OH is 1. The van der Waals surface area contributed by atoms with Crippen molar-refractivity contribution in [2.75, 3.05) is 6.54 Å². The fourth-order valence-electron chi connectivity index (χ4n) is 2.27. The van der Waals surface area contributed by atoms with Crippen LogP contribution in [0.4, 0.5) is 0 Å². The van der Waals surface area contributed by atoms with Crippen LogP contribution in [0.5, 0.6) is 0 Å². The van der Waals surface area contributed by atoms with Gasteiger partial charge in [-0.05, 0) is 25.5 Å². The molecular weight excluding hydrogens is 190 g/mol. The van der Waals surface area contributed by atoms with Crippen molar-refractivity contribution >= 4 is 0 Å². The molecule has 1 saturated heterocycles. The minimum atomic E-state index is -1.14. The van der Waals surface area contributed by atoms with Crippen LogP contribution in [-0.4, -0.2) is 34.5 Å². The Morgan fingerprint density at radius 3 is 3.13 bits per heavy atom. The Morgan fingerprint density at radius 2 is 2.40 bits per heavy atom. The zero-order valence-corrected chi connectivity index (χ0v) is 8.85. The largest absolute Gasteiger partial charge is 0.390 e. The predicted octanol–water partition coefficient (Wildman–Crippen LogP) is 0.513. The van der Waals surface area contributed by atoms with Gasteiger partial charge in [0.15, 0.2) is 0 Å². The highest BCUT2D eigenvalue weighted by Crippen LogP contribution is 2.36. The van der Waals surface area contributed by atoms with Crippen LogP contribution < -0.4 is 5.32 Å². The quantitative estimate of drug-likeness (QED) is 0.587. The standard InChI is InChI=1S/C12H17NO2/c1-2-3-4-9-5-6-10-12(9,15)11(14)7-8-13-10/h2-6,10-11,13-15H,7-8H2,1H3/b3-2+,9-4?/t10-,11+,12-/m0/s1. The monoisotopic (exact) mass is 207 g/mol. The molecule has 82 valence electrons. The summed E-state index contributed by atoms with van der Waals surface area (Å²) < 4.78 is 0. The molecule has 0 aromatic rings. The first-order valence-electron chi connectivity index (χ1n) is 5.35. The van der Waals surface area contributed by atoms with Crippen LogP contribution in [0.25, 0.3) is 0 Å². The molecule has 0 unspecified atom stereocenters. The van der Waals surface area contributed by atoms with E-state index in [-0.39, 0.29) is 6.04 Å². The van der Waals surface area contributed by atoms with Gasteiger partial charge in [0.2, 0.25) is 0 Å². The summed E-state index contributed by atoms with van der Waals surface area (Å²) in [7, 11) is 0. The molecule has 1 heterocycles. The molecule has 0 aromatic carbocycles. The first-order chi connectivity index (χ1) is 7.19. The Morgan fingerprint density at radius 1 is 1.60 bits per heavy atom. The van der Waals surface area contributed by atoms with Crippen LogP contribution in [-0.2, 0) is 0 Å². The minimum absolute atomic E-state index is 0.155. The molecule has 2 rings (SSSR count). The third-order valence-corrected chi connectivity index (χ3v) is 3.16. The molecule has 0 amide bonds. The molecule has 1 aliphatic carbocycles. The molecule has 0 spiro atoms. The Labute approximate surface area is 89.8 Å². The van der Waals surface area contributed by atoms with Crippen molar-refractivity contribution in [1.29, 1.82) is 0 Å². The highest BCUT2D eigenvalue weighted by Gasteiger charge is 2.49. The molecule has 3 nitrogen and oxygen atoms in total. The van der Waals surface area contributed by atoms with Gasteiger partial charge in [0.1, 0.15) is 5.60 Å². The number of piperidine rings is 1. The van der Waals surface area contributed by atoms with Gasteiger partial charge in [0, 0.05) is 0 Å². The van der Waals surface area contributed by atoms with Gasteiger partial charge in [-0.3, -0.25) is 0 Å². The van der Waals surface area contributed by atoms with Gasteiger partial charge in [-0.25, -0.2) is 0 Å². The highest BCUT2D eigenvalue weighted by molar-refractivity contribution is 5.44. The number of hydrogen-bond acceptors (Lipinski definition) is 3. The van der Waals surface area contributed by atoms with Gasteiger partial charge in [-0.15, -0.1) is 0 Å². The first-order valence-corrected chi connectivity index (χ1v) is 5.35. The van der Waals surface area contributed by atoms with E-state index in [9.17, 15) is 10.2 Å². The fraction of sp³-hybridized carbons (Fsp3) is 0.500. The summed E-state index contributed by atoms with van der Waals surface area (Å²) in [6.07, 6.45) is 9.33. The summed E-state index contributed by atoms with van der Waals surface area (Å²) in [5.41, 5.74) is -0.358. The zero-order valence-electron chi connectivity index (χ0n) is 8.85. The molecule has 3 heteroatoms. The molecule has 1 aliphatic heterocycles. The number of allylic oxidation sites excluding steroid dienone is 3. The summed E-state index contributed by atoms with van der Waals surface area (Å²) >= 11 is 0. The molecule has 1 fully saturated rings. The third kappa shape index (κ3) is 1.57. The van der Waals surface area contributed by atoms with E-state index in [0.29, 0.717) is 6.42 Å². The van der Waals surface area contributed by atoms with Crippen LogP contribution in [0.15, 0.2) is 36.0 Å². The Kier molecular flexibility index (Phi) is 2.78. The van der Waals surface area contributed by atoms with Gasteiger partial charge in [0.05, 0.1) is 12.1 Å². The van der Waals surface area contributed by atoms with E-state index in [1.165, 1.54) is 0 Å². The van der Waals surface area contributed by atoms with Gasteiger partial charge in [-0.2, -0.15) is 0 Å². The second kappa shape index (κ2) is 3.93. The van der Waals surface area contributed by atoms with Crippen LogP contribution in [0.3, 0.4) is 0 Å². The van der Waals surface area contributed by atoms with E-state index in [1.54, 1.807) is 0 Å². The summed E-state index contributed by atoms with van der Waals surface area (Å²) in [4.78, 5) is 0. The minimum Gasteiger partial charge on any atom is -0.390 e. The van der Waals surface area contributed by atoms with E-state index in [0.717, 1.165) is 12.1 Å². The Balaban J connectivity index is 2.32. The molecule has 15 heavy (non-hydrogen) atoms. The van der Waals surface area contributed by atoms with Crippen molar-refractivity contribution in [3.63, 3.8) is 0 Å². The van der Waals surface area contributed by atoms with Crippen molar-refractivity contribution < 1.29 is 10.2 Å². The summed E-state index contributed by atoms with van der Waals surface area (Å²) in [6.45, 7) is 2.67. The lowest BCUT2D eigenvalue weighted by atomic mass is 9.81. The van der Waals surface area contributed by atoms with Crippen molar-refractivity contribution in [1.82, 2.24) is 5.32 Å². The predicted molar refractivity (Wildman–Crippen MR) is 59.4 cm³/mol. The maximum Gasteiger partial charge on any atom is 0.134 e. The van der Waals surface area contributed by atoms with Gasteiger partial charge >= 0.3 is 0 Å². The van der Waals surface area contributed by atoms with Crippen LogP contribution in [0.2, 0.25) is 0 Å². The van der Waals surface area contributed by atoms with Crippen molar-refractivity contribution in [3.05, 3.63) is 36.0 Å². The lowest BCUT2D eigenvalue weighted by Gasteiger charge is -2.40. The number of aliphatic hydroxyl groups is 2. The highest BCUT2D eigenvalue weighted by atomic mass is 16.3. The summed E-state index contributed by atoms with van der Waals surface area (Å²) in [5.74, 6) is 0. The second-order valence-corrected chi connectivity index (χ2v) is 4.07. The molecule has 0 aromatic heterocycles. The summed E-state index contributed by atoms with van der Waals surface area (Å²) in [5, 5.41) is 23.6. The van der Waals surface area contributed by atoms with E-state index in [1.807, 2.05) is 37.3 Å². The van der Waals surface area contributed by atoms with Gasteiger partial charge in [-0.1, -0.05) is 30.4 Å². The molecule has 3 atom stereocenters. The van der Waals surface area contributed by atoms with E-state index >= 15 is 0 Å². The number of nitrogens with one attached hydrogen (secondary N) is 1. The molecule has 0 saturated carbocycles. The number of hydrogen-bond donors (Lipinski definition) is 3. The number of fused-ring (bicyclic) bond motifs is 1. The average molecular weight is 207 g/mol. The maximum absolute atomic E-state index is 10.5. The molecule has 2 aliphatic rings. The van der Waals surface area contributed by atoms with Gasteiger partial charge < -0.3 is 15.5 Å². The third-order valence-electron chi connectivity index (χ3n) is 3.16. The second-order valence-electron chi connectivity index (χ2n) is 4.07. The molecule has 0 bridgehead atoms. The van der Waals surface area contributed by atoms with Crippen molar-refractivity contribution in [3.8, 4) is 0 Å². The normalized spacial score (nSPS) is 42.7. The Bertz CT molecular complexity index is 333. The van der Waals surface area contributed by atoms with Crippen LogP contribution in [0.1, 0.15) is 13.3 Å². The fourth-order valence-corrected chi connectivity index (χ4v) is 2.27. The van der Waals surface area contributed by atoms with Crippen molar-refractivity contribution in [2.45, 2.75) is 31.1 Å². The van der Waals surface area contributed by atoms with E-state index < -0.39 is 11.7 Å². The maximum atomic E-state index is 10.5. The molecular formula is C12H17NO2. The lowest BCUT2D eigenvalue weighted by molar-refractivity contribution is -0.0742. The first kappa shape index (κ1) is 10.6. The topological polar surface area (TPSA) is 52.5 Å². The Hall–Kier alpha value is -0.900. The summed E-state index contributed by atoms with van der Waals surface area (Å²) in [6, 6.07) is -0.155. The van der Waals surface area contributed by atoms with E-state index in [2.05, 4.69) is 5.32 Å². The lowest BCUT2D eigenvalue weighted by Crippen LogP contribution is -2.60. The SMILES string of the molecule is C/C=C/C=C1C=C[C@@H]2NCC[C@@H](O)[C@]12O. The van der Waals surface area contributed by atoms with Crippen LogP contribution in [0, 0.1) is 0 Å². The van der Waals surface area contributed by atoms with E-state index in [4.69, 9.17) is 0 Å². The van der Waals surface area contributed by atoms with Crippen LogP contribution >= 0.6 is 0 Å². The van der Waals surface area contributed by atoms with Gasteiger partial charge in [0.25, 0.3) is 0 Å². The zero-order chi connectivity index (χ0) is 10.9. The van der Waals surface area contributed by atoms with Crippen molar-refractivity contribution in [2.24, 2.45) is 0 Å². The number of rotatable bonds is 1. The smallest absolute Gasteiger partial charge is 0.134 e.